The van der Waals surface area contributed by atoms with Gasteiger partial charge in [-0.2, -0.15) is 0 Å². The minimum atomic E-state index is -0.313. The number of nitrogens with zero attached hydrogens (tertiary/aromatic N) is 1. The summed E-state index contributed by atoms with van der Waals surface area (Å²) >= 11 is 1.75. The van der Waals surface area contributed by atoms with Crippen LogP contribution in [0.3, 0.4) is 0 Å². The highest BCUT2D eigenvalue weighted by molar-refractivity contribution is 7.13. The van der Waals surface area contributed by atoms with E-state index in [0.717, 1.165) is 31.6 Å². The van der Waals surface area contributed by atoms with Crippen LogP contribution < -0.4 is 11.1 Å². The van der Waals surface area contributed by atoms with Gasteiger partial charge in [0.2, 0.25) is 0 Å². The monoisotopic (exact) mass is 301 g/mol. The molecule has 3 N–H and O–H groups in total. The highest BCUT2D eigenvalue weighted by atomic mass is 32.1. The summed E-state index contributed by atoms with van der Waals surface area (Å²) in [6, 6.07) is 12.7. The molecule has 110 valence electrons. The average Bonchev–Trinajstić information content (AvgIpc) is 3.02. The fraction of sp³-hybridized carbons (Fsp3) is 0.312. The molecule has 5 heteroatoms. The van der Waals surface area contributed by atoms with E-state index in [0.29, 0.717) is 6.04 Å². The van der Waals surface area contributed by atoms with Gasteiger partial charge in [-0.25, -0.2) is 4.79 Å². The second kappa shape index (κ2) is 6.18. The SMILES string of the molecule is NC(=O)N1CCC(Nc2ccccc2-c2cccs2)CC1. The van der Waals surface area contributed by atoms with Crippen molar-refractivity contribution >= 4 is 23.1 Å². The number of carbonyl (C=O) groups is 1. The summed E-state index contributed by atoms with van der Waals surface area (Å²) in [5, 5.41) is 5.72. The molecule has 0 unspecified atom stereocenters. The molecule has 4 nitrogen and oxygen atoms in total. The third-order valence-corrected chi connectivity index (χ3v) is 4.78. The second-order valence-electron chi connectivity index (χ2n) is 5.27. The number of hydrogen-bond donors (Lipinski definition) is 2. The van der Waals surface area contributed by atoms with Crippen LogP contribution in [0.1, 0.15) is 12.8 Å². The highest BCUT2D eigenvalue weighted by Crippen LogP contribution is 2.32. The van der Waals surface area contributed by atoms with Gasteiger partial charge >= 0.3 is 6.03 Å². The number of amides is 2. The molecule has 0 atom stereocenters. The number of para-hydroxylation sites is 1. The van der Waals surface area contributed by atoms with E-state index in [4.69, 9.17) is 5.73 Å². The molecule has 0 bridgehead atoms. The summed E-state index contributed by atoms with van der Waals surface area (Å²) in [5.41, 5.74) is 7.73. The first-order chi connectivity index (χ1) is 10.2. The molecule has 0 aliphatic carbocycles. The van der Waals surface area contributed by atoms with Crippen molar-refractivity contribution in [1.82, 2.24) is 4.90 Å². The van der Waals surface area contributed by atoms with Gasteiger partial charge in [0.25, 0.3) is 0 Å². The third kappa shape index (κ3) is 3.19. The number of primary amides is 1. The van der Waals surface area contributed by atoms with E-state index in [-0.39, 0.29) is 6.03 Å². The van der Waals surface area contributed by atoms with Gasteiger partial charge in [0, 0.05) is 35.3 Å². The summed E-state index contributed by atoms with van der Waals surface area (Å²) in [6.45, 7) is 1.46. The molecule has 2 amide bonds. The van der Waals surface area contributed by atoms with Gasteiger partial charge in [0.15, 0.2) is 0 Å². The molecule has 1 aliphatic rings. The van der Waals surface area contributed by atoms with Gasteiger partial charge in [-0.15, -0.1) is 11.3 Å². The number of piperidine rings is 1. The Kier molecular flexibility index (Phi) is 4.10. The Bertz CT molecular complexity index is 604. The van der Waals surface area contributed by atoms with Crippen LogP contribution in [-0.4, -0.2) is 30.1 Å². The van der Waals surface area contributed by atoms with Gasteiger partial charge in [-0.1, -0.05) is 24.3 Å². The van der Waals surface area contributed by atoms with Crippen LogP contribution in [0.15, 0.2) is 41.8 Å². The molecule has 21 heavy (non-hydrogen) atoms. The van der Waals surface area contributed by atoms with E-state index in [9.17, 15) is 4.79 Å². The van der Waals surface area contributed by atoms with E-state index in [1.807, 2.05) is 0 Å². The van der Waals surface area contributed by atoms with Gasteiger partial charge in [-0.3, -0.25) is 0 Å². The molecule has 0 spiro atoms. The number of carbonyl (C=O) groups excluding carboxylic acids is 1. The normalized spacial score (nSPS) is 15.9. The van der Waals surface area contributed by atoms with E-state index in [1.165, 1.54) is 10.4 Å². The summed E-state index contributed by atoms with van der Waals surface area (Å²) in [5.74, 6) is 0. The Balaban J connectivity index is 1.70. The third-order valence-electron chi connectivity index (χ3n) is 3.88. The zero-order valence-corrected chi connectivity index (χ0v) is 12.6. The zero-order chi connectivity index (χ0) is 14.7. The van der Waals surface area contributed by atoms with Crippen molar-refractivity contribution in [2.75, 3.05) is 18.4 Å². The zero-order valence-electron chi connectivity index (χ0n) is 11.8. The maximum atomic E-state index is 11.2. The molecule has 1 saturated heterocycles. The van der Waals surface area contributed by atoms with Crippen LogP contribution in [-0.2, 0) is 0 Å². The lowest BCUT2D eigenvalue weighted by Crippen LogP contribution is -2.44. The Morgan fingerprint density at radius 1 is 1.19 bits per heavy atom. The van der Waals surface area contributed by atoms with Gasteiger partial charge in [0.1, 0.15) is 0 Å². The second-order valence-corrected chi connectivity index (χ2v) is 6.21. The predicted octanol–water partition coefficient (Wildman–Crippen LogP) is 3.37. The van der Waals surface area contributed by atoms with E-state index < -0.39 is 0 Å². The number of anilines is 1. The molecule has 2 aromatic rings. The van der Waals surface area contributed by atoms with Crippen LogP contribution >= 0.6 is 11.3 Å². The number of nitrogens with two attached hydrogens (primary N) is 1. The molecule has 0 saturated carbocycles. The van der Waals surface area contributed by atoms with Crippen molar-refractivity contribution in [3.8, 4) is 10.4 Å². The Morgan fingerprint density at radius 2 is 1.95 bits per heavy atom. The maximum Gasteiger partial charge on any atom is 0.314 e. The first kappa shape index (κ1) is 13.9. The van der Waals surface area contributed by atoms with Crippen LogP contribution in [0.4, 0.5) is 10.5 Å². The lowest BCUT2D eigenvalue weighted by Gasteiger charge is -2.32. The Morgan fingerprint density at radius 3 is 2.62 bits per heavy atom. The highest BCUT2D eigenvalue weighted by Gasteiger charge is 2.21. The maximum absolute atomic E-state index is 11.2. The molecule has 3 rings (SSSR count). The molecular weight excluding hydrogens is 282 g/mol. The number of urea groups is 1. The molecule has 1 aromatic carbocycles. The van der Waals surface area contributed by atoms with Crippen LogP contribution in [0, 0.1) is 0 Å². The number of nitrogens with one attached hydrogen (secondary N) is 1. The van der Waals surface area contributed by atoms with Crippen molar-refractivity contribution in [2.45, 2.75) is 18.9 Å². The van der Waals surface area contributed by atoms with Gasteiger partial charge in [-0.05, 0) is 30.4 Å². The van der Waals surface area contributed by atoms with Crippen molar-refractivity contribution < 1.29 is 4.79 Å². The topological polar surface area (TPSA) is 58.4 Å². The van der Waals surface area contributed by atoms with Gasteiger partial charge < -0.3 is 16.0 Å². The largest absolute Gasteiger partial charge is 0.382 e. The van der Waals surface area contributed by atoms with Crippen LogP contribution in [0.2, 0.25) is 0 Å². The van der Waals surface area contributed by atoms with Crippen molar-refractivity contribution in [1.29, 1.82) is 0 Å². The lowest BCUT2D eigenvalue weighted by atomic mass is 10.0. The van der Waals surface area contributed by atoms with Crippen molar-refractivity contribution in [3.63, 3.8) is 0 Å². The Hall–Kier alpha value is -2.01. The number of rotatable bonds is 3. The van der Waals surface area contributed by atoms with E-state index in [1.54, 1.807) is 16.2 Å². The standard InChI is InChI=1S/C16H19N3OS/c17-16(20)19-9-7-12(8-10-19)18-14-5-2-1-4-13(14)15-6-3-11-21-15/h1-6,11-12,18H,7-10H2,(H2,17,20). The summed E-state index contributed by atoms with van der Waals surface area (Å²) in [7, 11) is 0. The molecular formula is C16H19N3OS. The first-order valence-corrected chi connectivity index (χ1v) is 8.06. The minimum Gasteiger partial charge on any atom is -0.382 e. The molecule has 1 fully saturated rings. The van der Waals surface area contributed by atoms with Crippen LogP contribution in [0.5, 0.6) is 0 Å². The van der Waals surface area contributed by atoms with E-state index in [2.05, 4.69) is 47.1 Å². The predicted molar refractivity (Wildman–Crippen MR) is 87.6 cm³/mol. The molecule has 2 heterocycles. The summed E-state index contributed by atoms with van der Waals surface area (Å²) < 4.78 is 0. The smallest absolute Gasteiger partial charge is 0.314 e. The summed E-state index contributed by atoms with van der Waals surface area (Å²) in [6.07, 6.45) is 1.86. The van der Waals surface area contributed by atoms with Crippen LogP contribution in [0.25, 0.3) is 10.4 Å². The molecule has 1 aromatic heterocycles. The molecule has 0 radical (unpaired) electrons. The molecule has 1 aliphatic heterocycles. The first-order valence-electron chi connectivity index (χ1n) is 7.18. The number of likely N-dealkylation sites (tertiary alicyclic amines) is 1. The lowest BCUT2D eigenvalue weighted by molar-refractivity contribution is 0.193. The fourth-order valence-electron chi connectivity index (χ4n) is 2.72. The van der Waals surface area contributed by atoms with Crippen molar-refractivity contribution in [2.24, 2.45) is 5.73 Å². The number of thiophene rings is 1. The number of benzene rings is 1. The Labute approximate surface area is 128 Å². The number of hydrogen-bond acceptors (Lipinski definition) is 3. The quantitative estimate of drug-likeness (QED) is 0.913. The average molecular weight is 301 g/mol. The van der Waals surface area contributed by atoms with Crippen molar-refractivity contribution in [3.05, 3.63) is 41.8 Å². The fourth-order valence-corrected chi connectivity index (χ4v) is 3.49. The minimum absolute atomic E-state index is 0.313. The summed E-state index contributed by atoms with van der Waals surface area (Å²) in [4.78, 5) is 14.1. The van der Waals surface area contributed by atoms with Gasteiger partial charge in [0.05, 0.1) is 0 Å². The van der Waals surface area contributed by atoms with E-state index >= 15 is 0 Å².